The third-order valence-electron chi connectivity index (χ3n) is 4.12. The molecule has 1 amide bonds. The third kappa shape index (κ3) is 5.02. The van der Waals surface area contributed by atoms with Crippen LogP contribution in [0, 0.1) is 0 Å². The Labute approximate surface area is 162 Å². The van der Waals surface area contributed by atoms with Crippen molar-refractivity contribution < 1.29 is 4.79 Å². The van der Waals surface area contributed by atoms with E-state index in [0.717, 1.165) is 36.9 Å². The fraction of sp³-hybridized carbons (Fsp3) is 0.278. The van der Waals surface area contributed by atoms with Crippen LogP contribution in [0.3, 0.4) is 0 Å². The summed E-state index contributed by atoms with van der Waals surface area (Å²) in [5.74, 6) is -0.0606. The number of halogens is 3. The summed E-state index contributed by atoms with van der Waals surface area (Å²) in [7, 11) is 0. The standard InChI is InChI=1S/C18H18Cl3N3O/c19-13-2-1-3-15(10-13)24-8-6-23(7-9-24)12-18(25)22-14-4-5-16(20)17(21)11-14/h1-5,10-11H,6-9,12H2,(H,22,25). The van der Waals surface area contributed by atoms with Crippen molar-refractivity contribution >= 4 is 52.1 Å². The number of carbonyl (C=O) groups excluding carboxylic acids is 1. The second-order valence-corrected chi connectivity index (χ2v) is 7.17. The minimum atomic E-state index is -0.0606. The van der Waals surface area contributed by atoms with Crippen LogP contribution >= 0.6 is 34.8 Å². The number of anilines is 2. The van der Waals surface area contributed by atoms with Crippen LogP contribution in [0.4, 0.5) is 11.4 Å². The highest BCUT2D eigenvalue weighted by molar-refractivity contribution is 6.42. The van der Waals surface area contributed by atoms with Gasteiger partial charge in [0.25, 0.3) is 0 Å². The fourth-order valence-corrected chi connectivity index (χ4v) is 3.30. The van der Waals surface area contributed by atoms with Crippen LogP contribution in [-0.2, 0) is 4.79 Å². The molecule has 1 aliphatic heterocycles. The molecule has 1 N–H and O–H groups in total. The number of amides is 1. The number of nitrogens with one attached hydrogen (secondary N) is 1. The molecule has 1 fully saturated rings. The van der Waals surface area contributed by atoms with Crippen LogP contribution in [0.2, 0.25) is 15.1 Å². The molecular formula is C18H18Cl3N3O. The predicted molar refractivity (Wildman–Crippen MR) is 105 cm³/mol. The second-order valence-electron chi connectivity index (χ2n) is 5.92. The van der Waals surface area contributed by atoms with Gasteiger partial charge in [-0.3, -0.25) is 9.69 Å². The second kappa shape index (κ2) is 8.28. The number of carbonyl (C=O) groups is 1. The summed E-state index contributed by atoms with van der Waals surface area (Å²) in [6, 6.07) is 12.9. The fourth-order valence-electron chi connectivity index (χ4n) is 2.81. The molecule has 0 unspecified atom stereocenters. The van der Waals surface area contributed by atoms with Gasteiger partial charge in [-0.2, -0.15) is 0 Å². The molecule has 1 saturated heterocycles. The van der Waals surface area contributed by atoms with Crippen LogP contribution in [0.1, 0.15) is 0 Å². The lowest BCUT2D eigenvalue weighted by Gasteiger charge is -2.35. The molecule has 0 aliphatic carbocycles. The average Bonchev–Trinajstić information content (AvgIpc) is 2.59. The van der Waals surface area contributed by atoms with Crippen molar-refractivity contribution in [1.82, 2.24) is 4.90 Å². The van der Waals surface area contributed by atoms with Gasteiger partial charge in [0.1, 0.15) is 0 Å². The van der Waals surface area contributed by atoms with Gasteiger partial charge in [-0.1, -0.05) is 40.9 Å². The van der Waals surface area contributed by atoms with Gasteiger partial charge in [0.2, 0.25) is 5.91 Å². The number of benzene rings is 2. The summed E-state index contributed by atoms with van der Waals surface area (Å²) in [6.07, 6.45) is 0. The maximum Gasteiger partial charge on any atom is 0.238 e. The van der Waals surface area contributed by atoms with E-state index < -0.39 is 0 Å². The Morgan fingerprint density at radius 1 is 0.960 bits per heavy atom. The van der Waals surface area contributed by atoms with Gasteiger partial charge >= 0.3 is 0 Å². The van der Waals surface area contributed by atoms with Gasteiger partial charge in [0.15, 0.2) is 0 Å². The van der Waals surface area contributed by atoms with Crippen molar-refractivity contribution in [2.45, 2.75) is 0 Å². The summed E-state index contributed by atoms with van der Waals surface area (Å²) in [4.78, 5) is 16.6. The van der Waals surface area contributed by atoms with Gasteiger partial charge < -0.3 is 10.2 Å². The van der Waals surface area contributed by atoms with Crippen LogP contribution in [-0.4, -0.2) is 43.5 Å². The molecule has 0 bridgehead atoms. The highest BCUT2D eigenvalue weighted by Crippen LogP contribution is 2.25. The quantitative estimate of drug-likeness (QED) is 0.829. The lowest BCUT2D eigenvalue weighted by atomic mass is 10.2. The number of nitrogens with zero attached hydrogens (tertiary/aromatic N) is 2. The number of piperazine rings is 1. The molecule has 1 heterocycles. The van der Waals surface area contributed by atoms with Crippen molar-refractivity contribution in [1.29, 1.82) is 0 Å². The molecule has 0 aromatic heterocycles. The Bertz CT molecular complexity index is 761. The van der Waals surface area contributed by atoms with E-state index >= 15 is 0 Å². The Kier molecular flexibility index (Phi) is 6.07. The normalized spacial score (nSPS) is 15.2. The topological polar surface area (TPSA) is 35.6 Å². The molecule has 0 radical (unpaired) electrons. The summed E-state index contributed by atoms with van der Waals surface area (Å²) >= 11 is 17.9. The molecule has 3 rings (SSSR count). The summed E-state index contributed by atoms with van der Waals surface area (Å²) in [5, 5.41) is 4.48. The molecule has 7 heteroatoms. The Morgan fingerprint density at radius 3 is 2.40 bits per heavy atom. The van der Waals surface area contributed by atoms with Crippen molar-refractivity contribution in [3.63, 3.8) is 0 Å². The van der Waals surface area contributed by atoms with E-state index in [1.807, 2.05) is 18.2 Å². The number of rotatable bonds is 4. The van der Waals surface area contributed by atoms with E-state index in [-0.39, 0.29) is 5.91 Å². The molecular weight excluding hydrogens is 381 g/mol. The average molecular weight is 399 g/mol. The van der Waals surface area contributed by atoms with Crippen molar-refractivity contribution in [2.75, 3.05) is 42.9 Å². The van der Waals surface area contributed by atoms with Gasteiger partial charge in [0, 0.05) is 42.6 Å². The maximum absolute atomic E-state index is 12.2. The summed E-state index contributed by atoms with van der Waals surface area (Å²) in [5.41, 5.74) is 1.77. The van der Waals surface area contributed by atoms with E-state index in [0.29, 0.717) is 22.3 Å². The first-order chi connectivity index (χ1) is 12.0. The van der Waals surface area contributed by atoms with Crippen LogP contribution in [0.15, 0.2) is 42.5 Å². The molecule has 132 valence electrons. The van der Waals surface area contributed by atoms with Gasteiger partial charge in [-0.25, -0.2) is 0 Å². The van der Waals surface area contributed by atoms with Crippen molar-refractivity contribution in [3.05, 3.63) is 57.5 Å². The number of hydrogen-bond acceptors (Lipinski definition) is 3. The van der Waals surface area contributed by atoms with Crippen molar-refractivity contribution in [2.24, 2.45) is 0 Å². The maximum atomic E-state index is 12.2. The number of hydrogen-bond donors (Lipinski definition) is 1. The minimum Gasteiger partial charge on any atom is -0.369 e. The zero-order chi connectivity index (χ0) is 17.8. The minimum absolute atomic E-state index is 0.0606. The zero-order valence-electron chi connectivity index (χ0n) is 13.5. The smallest absolute Gasteiger partial charge is 0.238 e. The van der Waals surface area contributed by atoms with Crippen LogP contribution in [0.5, 0.6) is 0 Å². The third-order valence-corrected chi connectivity index (χ3v) is 5.09. The highest BCUT2D eigenvalue weighted by Gasteiger charge is 2.19. The van der Waals surface area contributed by atoms with Gasteiger partial charge in [0.05, 0.1) is 16.6 Å². The van der Waals surface area contributed by atoms with Crippen LogP contribution in [0.25, 0.3) is 0 Å². The first-order valence-electron chi connectivity index (χ1n) is 7.99. The van der Waals surface area contributed by atoms with E-state index in [2.05, 4.69) is 21.2 Å². The molecule has 2 aromatic carbocycles. The largest absolute Gasteiger partial charge is 0.369 e. The summed E-state index contributed by atoms with van der Waals surface area (Å²) in [6.45, 7) is 3.72. The Morgan fingerprint density at radius 2 is 1.72 bits per heavy atom. The molecule has 4 nitrogen and oxygen atoms in total. The Balaban J connectivity index is 1.50. The van der Waals surface area contributed by atoms with Gasteiger partial charge in [-0.05, 0) is 36.4 Å². The van der Waals surface area contributed by atoms with E-state index in [4.69, 9.17) is 34.8 Å². The lowest BCUT2D eigenvalue weighted by Crippen LogP contribution is -2.48. The SMILES string of the molecule is O=C(CN1CCN(c2cccc(Cl)c2)CC1)Nc1ccc(Cl)c(Cl)c1. The first kappa shape index (κ1) is 18.3. The molecule has 0 saturated carbocycles. The first-order valence-corrected chi connectivity index (χ1v) is 9.12. The summed E-state index contributed by atoms with van der Waals surface area (Å²) < 4.78 is 0. The van der Waals surface area contributed by atoms with E-state index in [1.54, 1.807) is 18.2 Å². The Hall–Kier alpha value is -1.46. The molecule has 0 atom stereocenters. The van der Waals surface area contributed by atoms with Crippen LogP contribution < -0.4 is 10.2 Å². The van der Waals surface area contributed by atoms with Gasteiger partial charge in [-0.15, -0.1) is 0 Å². The zero-order valence-corrected chi connectivity index (χ0v) is 15.8. The van der Waals surface area contributed by atoms with E-state index in [1.165, 1.54) is 0 Å². The highest BCUT2D eigenvalue weighted by atomic mass is 35.5. The molecule has 2 aromatic rings. The van der Waals surface area contributed by atoms with E-state index in [9.17, 15) is 4.79 Å². The van der Waals surface area contributed by atoms with Crippen molar-refractivity contribution in [3.8, 4) is 0 Å². The predicted octanol–water partition coefficient (Wildman–Crippen LogP) is 4.41. The molecule has 1 aliphatic rings. The lowest BCUT2D eigenvalue weighted by molar-refractivity contribution is -0.117. The monoisotopic (exact) mass is 397 g/mol. The molecule has 0 spiro atoms. The molecule has 25 heavy (non-hydrogen) atoms.